The Hall–Kier alpha value is -1.40. The minimum absolute atomic E-state index is 0.125. The van der Waals surface area contributed by atoms with Gasteiger partial charge in [0.2, 0.25) is 0 Å². The fourth-order valence-electron chi connectivity index (χ4n) is 1.55. The van der Waals surface area contributed by atoms with Crippen molar-refractivity contribution in [1.29, 1.82) is 0 Å². The fraction of sp³-hybridized carbons (Fsp3) is 0.417. The number of hydrogen-bond acceptors (Lipinski definition) is 5. The molecule has 2 heterocycles. The van der Waals surface area contributed by atoms with Crippen LogP contribution in [0.1, 0.15) is 17.6 Å². The first-order chi connectivity index (χ1) is 9.13. The summed E-state index contributed by atoms with van der Waals surface area (Å²) in [6, 6.07) is 1.59. The maximum Gasteiger partial charge on any atom is 0.269 e. The molecule has 0 atom stereocenters. The minimum atomic E-state index is -0.125. The van der Waals surface area contributed by atoms with Crippen molar-refractivity contribution in [2.75, 3.05) is 18.5 Å². The Bertz CT molecular complexity index is 610. The normalized spacial score (nSPS) is 10.7. The largest absolute Gasteiger partial charge is 0.373 e. The lowest BCUT2D eigenvalue weighted by atomic mass is 10.4. The van der Waals surface area contributed by atoms with Crippen LogP contribution in [0.5, 0.6) is 0 Å². The van der Waals surface area contributed by atoms with Crippen molar-refractivity contribution in [2.24, 2.45) is 0 Å². The van der Waals surface area contributed by atoms with Gasteiger partial charge in [0.05, 0.1) is 30.0 Å². The molecule has 5 nitrogen and oxygen atoms in total. The number of hydrogen-bond donors (Lipinski definition) is 0. The molecule has 102 valence electrons. The summed E-state index contributed by atoms with van der Waals surface area (Å²) in [4.78, 5) is 18.2. The van der Waals surface area contributed by atoms with E-state index in [1.54, 1.807) is 12.3 Å². The molecule has 19 heavy (non-hydrogen) atoms. The van der Waals surface area contributed by atoms with E-state index < -0.39 is 0 Å². The van der Waals surface area contributed by atoms with E-state index in [1.165, 1.54) is 16.0 Å². The molecule has 0 N–H and O–H groups in total. The summed E-state index contributed by atoms with van der Waals surface area (Å²) in [6.07, 6.45) is 1.70. The quantitative estimate of drug-likeness (QED) is 0.792. The van der Waals surface area contributed by atoms with Crippen molar-refractivity contribution >= 4 is 28.6 Å². The van der Waals surface area contributed by atoms with Gasteiger partial charge in [-0.25, -0.2) is 9.67 Å². The highest BCUT2D eigenvalue weighted by Gasteiger charge is 2.06. The van der Waals surface area contributed by atoms with E-state index in [0.717, 1.165) is 22.9 Å². The molecule has 0 saturated heterocycles. The van der Waals surface area contributed by atoms with Crippen LogP contribution < -0.4 is 10.5 Å². The average molecular weight is 299 g/mol. The van der Waals surface area contributed by atoms with Crippen molar-refractivity contribution < 1.29 is 0 Å². The molecule has 0 aliphatic heterocycles. The van der Waals surface area contributed by atoms with Gasteiger partial charge in [0, 0.05) is 25.0 Å². The van der Waals surface area contributed by atoms with Gasteiger partial charge in [-0.3, -0.25) is 4.79 Å². The van der Waals surface area contributed by atoms with E-state index in [0.29, 0.717) is 12.4 Å². The Morgan fingerprint density at radius 3 is 2.89 bits per heavy atom. The highest BCUT2D eigenvalue weighted by atomic mass is 35.5. The minimum Gasteiger partial charge on any atom is -0.373 e. The van der Waals surface area contributed by atoms with E-state index >= 15 is 0 Å². The van der Waals surface area contributed by atoms with Gasteiger partial charge in [-0.1, -0.05) is 0 Å². The van der Waals surface area contributed by atoms with Crippen molar-refractivity contribution in [3.05, 3.63) is 38.7 Å². The van der Waals surface area contributed by atoms with Gasteiger partial charge in [0.1, 0.15) is 5.01 Å². The zero-order valence-corrected chi connectivity index (χ0v) is 12.4. The van der Waals surface area contributed by atoms with Gasteiger partial charge in [0.15, 0.2) is 0 Å². The van der Waals surface area contributed by atoms with Gasteiger partial charge in [-0.15, -0.1) is 22.9 Å². The first-order valence-electron chi connectivity index (χ1n) is 5.91. The highest BCUT2D eigenvalue weighted by Crippen LogP contribution is 2.12. The molecule has 0 bridgehead atoms. The number of anilines is 1. The van der Waals surface area contributed by atoms with Gasteiger partial charge in [-0.2, -0.15) is 5.10 Å². The first-order valence-corrected chi connectivity index (χ1v) is 7.33. The Morgan fingerprint density at radius 2 is 2.32 bits per heavy atom. The predicted molar refractivity (Wildman–Crippen MR) is 78.2 cm³/mol. The number of thiazole rings is 1. The van der Waals surface area contributed by atoms with Crippen LogP contribution in [0.15, 0.2) is 22.4 Å². The zero-order chi connectivity index (χ0) is 13.8. The lowest BCUT2D eigenvalue weighted by Gasteiger charge is -2.16. The summed E-state index contributed by atoms with van der Waals surface area (Å²) >= 11 is 7.19. The van der Waals surface area contributed by atoms with Crippen LogP contribution in [0, 0.1) is 0 Å². The van der Waals surface area contributed by atoms with Gasteiger partial charge in [-0.05, 0) is 6.92 Å². The second kappa shape index (κ2) is 6.16. The molecule has 2 aromatic rings. The average Bonchev–Trinajstić information content (AvgIpc) is 2.88. The molecule has 0 radical (unpaired) electrons. The maximum absolute atomic E-state index is 12.0. The van der Waals surface area contributed by atoms with Crippen LogP contribution in [0.4, 0.5) is 5.69 Å². The summed E-state index contributed by atoms with van der Waals surface area (Å²) < 4.78 is 1.41. The van der Waals surface area contributed by atoms with Crippen LogP contribution in [0.3, 0.4) is 0 Å². The summed E-state index contributed by atoms with van der Waals surface area (Å²) in [5.41, 5.74) is 1.53. The first kappa shape index (κ1) is 14.0. The van der Waals surface area contributed by atoms with E-state index in [2.05, 4.69) is 10.1 Å². The van der Waals surface area contributed by atoms with E-state index in [4.69, 9.17) is 11.6 Å². The molecule has 2 rings (SSSR count). The zero-order valence-electron chi connectivity index (χ0n) is 10.8. The Kier molecular flexibility index (Phi) is 4.55. The monoisotopic (exact) mass is 298 g/mol. The number of halogens is 1. The third-order valence-electron chi connectivity index (χ3n) is 2.79. The molecule has 0 saturated carbocycles. The highest BCUT2D eigenvalue weighted by molar-refractivity contribution is 7.09. The second-order valence-corrected chi connectivity index (χ2v) is 5.30. The maximum atomic E-state index is 12.0. The molecule has 0 fully saturated rings. The topological polar surface area (TPSA) is 51.0 Å². The molecule has 2 aromatic heterocycles. The predicted octanol–water partition coefficient (Wildman–Crippen LogP) is 1.94. The molecule has 0 aliphatic carbocycles. The van der Waals surface area contributed by atoms with Crippen molar-refractivity contribution in [3.8, 4) is 0 Å². The summed E-state index contributed by atoms with van der Waals surface area (Å²) in [5, 5.41) is 6.90. The van der Waals surface area contributed by atoms with Crippen LogP contribution in [0.25, 0.3) is 0 Å². The SMILES string of the molecule is CCN(C)c1cnn(Cc2nc(CCl)cs2)c(=O)c1. The Labute approximate surface area is 120 Å². The van der Waals surface area contributed by atoms with Crippen LogP contribution >= 0.6 is 22.9 Å². The smallest absolute Gasteiger partial charge is 0.269 e. The summed E-state index contributed by atoms with van der Waals surface area (Å²) in [5.74, 6) is 0.388. The van der Waals surface area contributed by atoms with Crippen molar-refractivity contribution in [1.82, 2.24) is 14.8 Å². The molecule has 0 amide bonds. The molecule has 7 heteroatoms. The van der Waals surface area contributed by atoms with E-state index in [1.807, 2.05) is 24.3 Å². The van der Waals surface area contributed by atoms with E-state index in [9.17, 15) is 4.79 Å². The molecule has 0 unspecified atom stereocenters. The standard InChI is InChI=1S/C12H15ClN4OS/c1-3-16(2)10-4-12(18)17(14-6-10)7-11-15-9(5-13)8-19-11/h4,6,8H,3,5,7H2,1-2H3. The van der Waals surface area contributed by atoms with Gasteiger partial charge in [0.25, 0.3) is 5.56 Å². The Morgan fingerprint density at radius 1 is 1.53 bits per heavy atom. The fourth-order valence-corrected chi connectivity index (χ4v) is 2.55. The van der Waals surface area contributed by atoms with E-state index in [-0.39, 0.29) is 5.56 Å². The van der Waals surface area contributed by atoms with Gasteiger partial charge < -0.3 is 4.90 Å². The number of aromatic nitrogens is 3. The Balaban J connectivity index is 2.19. The van der Waals surface area contributed by atoms with Crippen LogP contribution in [0.2, 0.25) is 0 Å². The third-order valence-corrected chi connectivity index (χ3v) is 3.95. The third kappa shape index (κ3) is 3.33. The van der Waals surface area contributed by atoms with Gasteiger partial charge >= 0.3 is 0 Å². The number of nitrogens with zero attached hydrogens (tertiary/aromatic N) is 4. The molecular weight excluding hydrogens is 284 g/mol. The van der Waals surface area contributed by atoms with Crippen LogP contribution in [-0.2, 0) is 12.4 Å². The van der Waals surface area contributed by atoms with Crippen molar-refractivity contribution in [3.63, 3.8) is 0 Å². The molecule has 0 aromatic carbocycles. The lowest BCUT2D eigenvalue weighted by Crippen LogP contribution is -2.25. The van der Waals surface area contributed by atoms with Crippen molar-refractivity contribution in [2.45, 2.75) is 19.3 Å². The molecule has 0 spiro atoms. The number of rotatable bonds is 5. The number of alkyl halides is 1. The summed E-state index contributed by atoms with van der Waals surface area (Å²) in [6.45, 7) is 3.24. The van der Waals surface area contributed by atoms with Crippen LogP contribution in [-0.4, -0.2) is 28.4 Å². The second-order valence-electron chi connectivity index (χ2n) is 4.09. The lowest BCUT2D eigenvalue weighted by molar-refractivity contribution is 0.634. The summed E-state index contributed by atoms with van der Waals surface area (Å²) in [7, 11) is 1.92. The molecular formula is C12H15ClN4OS. The molecule has 0 aliphatic rings.